The fourth-order valence-corrected chi connectivity index (χ4v) is 2.78. The average molecular weight is 297 g/mol. The van der Waals surface area contributed by atoms with Crippen molar-refractivity contribution < 1.29 is 9.90 Å². The van der Waals surface area contributed by atoms with E-state index in [1.807, 2.05) is 20.8 Å². The van der Waals surface area contributed by atoms with Crippen molar-refractivity contribution in [1.82, 2.24) is 15.3 Å². The Kier molecular flexibility index (Phi) is 6.95. The summed E-state index contributed by atoms with van der Waals surface area (Å²) in [6.45, 7) is 6.46. The SMILES string of the molecule is CCNC(CC)(CCCSc1ncc(C)cn1)C(=O)O. The monoisotopic (exact) mass is 297 g/mol. The molecule has 5 nitrogen and oxygen atoms in total. The molecule has 0 bridgehead atoms. The lowest BCUT2D eigenvalue weighted by Crippen LogP contribution is -2.51. The highest BCUT2D eigenvalue weighted by Gasteiger charge is 2.34. The maximum atomic E-state index is 11.5. The fraction of sp³-hybridized carbons (Fsp3) is 0.643. The second-order valence-corrected chi connectivity index (χ2v) is 5.83. The minimum atomic E-state index is -0.802. The summed E-state index contributed by atoms with van der Waals surface area (Å²) in [4.78, 5) is 19.9. The first-order valence-corrected chi connectivity index (χ1v) is 7.92. The maximum Gasteiger partial charge on any atom is 0.323 e. The van der Waals surface area contributed by atoms with Crippen LogP contribution < -0.4 is 5.32 Å². The lowest BCUT2D eigenvalue weighted by Gasteiger charge is -2.29. The molecular weight excluding hydrogens is 274 g/mol. The summed E-state index contributed by atoms with van der Waals surface area (Å²) < 4.78 is 0. The Balaban J connectivity index is 2.44. The Hall–Kier alpha value is -1.14. The van der Waals surface area contributed by atoms with E-state index in [-0.39, 0.29) is 0 Å². The van der Waals surface area contributed by atoms with Crippen LogP contribution in [-0.2, 0) is 4.79 Å². The van der Waals surface area contributed by atoms with Crippen LogP contribution in [0.5, 0.6) is 0 Å². The number of aromatic nitrogens is 2. The molecule has 0 saturated heterocycles. The number of aryl methyl sites for hydroxylation is 1. The van der Waals surface area contributed by atoms with E-state index in [1.165, 1.54) is 0 Å². The van der Waals surface area contributed by atoms with E-state index in [1.54, 1.807) is 24.2 Å². The van der Waals surface area contributed by atoms with Gasteiger partial charge in [-0.2, -0.15) is 0 Å². The van der Waals surface area contributed by atoms with Crippen molar-refractivity contribution in [3.8, 4) is 0 Å². The van der Waals surface area contributed by atoms with E-state index >= 15 is 0 Å². The van der Waals surface area contributed by atoms with Crippen molar-refractivity contribution in [2.45, 2.75) is 50.7 Å². The van der Waals surface area contributed by atoms with Crippen LogP contribution in [0.15, 0.2) is 17.6 Å². The van der Waals surface area contributed by atoms with Gasteiger partial charge >= 0.3 is 5.97 Å². The third-order valence-electron chi connectivity index (χ3n) is 3.26. The number of likely N-dealkylation sites (N-methyl/N-ethyl adjacent to an activating group) is 1. The number of carboxylic acids is 1. The van der Waals surface area contributed by atoms with Crippen LogP contribution in [0.4, 0.5) is 0 Å². The van der Waals surface area contributed by atoms with Gasteiger partial charge in [0.2, 0.25) is 0 Å². The summed E-state index contributed by atoms with van der Waals surface area (Å²) in [6, 6.07) is 0. The smallest absolute Gasteiger partial charge is 0.323 e. The molecule has 0 aliphatic rings. The zero-order valence-electron chi connectivity index (χ0n) is 12.3. The average Bonchev–Trinajstić information content (AvgIpc) is 2.44. The maximum absolute atomic E-state index is 11.5. The molecule has 0 saturated carbocycles. The van der Waals surface area contributed by atoms with Crippen LogP contribution in [0.2, 0.25) is 0 Å². The molecule has 1 aromatic heterocycles. The van der Waals surface area contributed by atoms with E-state index in [2.05, 4.69) is 15.3 Å². The van der Waals surface area contributed by atoms with Crippen molar-refractivity contribution in [2.75, 3.05) is 12.3 Å². The topological polar surface area (TPSA) is 75.1 Å². The third kappa shape index (κ3) is 4.76. The molecule has 1 aromatic rings. The summed E-state index contributed by atoms with van der Waals surface area (Å²) in [5.41, 5.74) is 0.237. The Morgan fingerprint density at radius 3 is 2.55 bits per heavy atom. The van der Waals surface area contributed by atoms with Gasteiger partial charge in [0.15, 0.2) is 5.16 Å². The van der Waals surface area contributed by atoms with Crippen molar-refractivity contribution in [1.29, 1.82) is 0 Å². The molecule has 0 spiro atoms. The molecule has 0 amide bonds. The molecule has 0 radical (unpaired) electrons. The van der Waals surface area contributed by atoms with Crippen LogP contribution in [0.25, 0.3) is 0 Å². The molecule has 0 aliphatic carbocycles. The van der Waals surface area contributed by atoms with Gasteiger partial charge in [-0.1, -0.05) is 25.6 Å². The molecule has 20 heavy (non-hydrogen) atoms. The molecule has 1 unspecified atom stereocenters. The summed E-state index contributed by atoms with van der Waals surface area (Å²) in [5.74, 6) is 0.0576. The fourth-order valence-electron chi connectivity index (χ4n) is 2.06. The number of thioether (sulfide) groups is 1. The number of aliphatic carboxylic acids is 1. The van der Waals surface area contributed by atoms with Crippen LogP contribution in [0, 0.1) is 6.92 Å². The van der Waals surface area contributed by atoms with Gasteiger partial charge in [0.1, 0.15) is 5.54 Å². The summed E-state index contributed by atoms with van der Waals surface area (Å²) in [5, 5.41) is 13.3. The van der Waals surface area contributed by atoms with Gasteiger partial charge in [0.05, 0.1) is 0 Å². The van der Waals surface area contributed by atoms with Gasteiger partial charge in [0.25, 0.3) is 0 Å². The normalized spacial score (nSPS) is 13.9. The van der Waals surface area contributed by atoms with Gasteiger partial charge in [-0.3, -0.25) is 4.79 Å². The largest absolute Gasteiger partial charge is 0.480 e. The van der Waals surface area contributed by atoms with Crippen molar-refractivity contribution in [2.24, 2.45) is 0 Å². The molecule has 1 rings (SSSR count). The van der Waals surface area contributed by atoms with Gasteiger partial charge in [0, 0.05) is 18.1 Å². The highest BCUT2D eigenvalue weighted by Crippen LogP contribution is 2.21. The van der Waals surface area contributed by atoms with Crippen LogP contribution in [0.1, 0.15) is 38.7 Å². The lowest BCUT2D eigenvalue weighted by atomic mass is 9.91. The molecule has 2 N–H and O–H groups in total. The molecule has 6 heteroatoms. The Labute approximate surface area is 124 Å². The summed E-state index contributed by atoms with van der Waals surface area (Å²) in [7, 11) is 0. The highest BCUT2D eigenvalue weighted by molar-refractivity contribution is 7.99. The molecule has 1 heterocycles. The number of hydrogen-bond acceptors (Lipinski definition) is 5. The summed E-state index contributed by atoms with van der Waals surface area (Å²) >= 11 is 1.57. The number of nitrogens with one attached hydrogen (secondary N) is 1. The number of nitrogens with zero attached hydrogens (tertiary/aromatic N) is 2. The first-order valence-electron chi connectivity index (χ1n) is 6.94. The molecule has 0 aliphatic heterocycles. The zero-order valence-corrected chi connectivity index (χ0v) is 13.2. The first kappa shape index (κ1) is 16.9. The van der Waals surface area contributed by atoms with Crippen LogP contribution in [0.3, 0.4) is 0 Å². The van der Waals surface area contributed by atoms with Crippen LogP contribution in [-0.4, -0.2) is 38.9 Å². The van der Waals surface area contributed by atoms with Crippen molar-refractivity contribution in [3.05, 3.63) is 18.0 Å². The predicted molar refractivity (Wildman–Crippen MR) is 81.1 cm³/mol. The molecule has 112 valence electrons. The van der Waals surface area contributed by atoms with E-state index < -0.39 is 11.5 Å². The quantitative estimate of drug-likeness (QED) is 0.414. The predicted octanol–water partition coefficient (Wildman–Crippen LogP) is 2.50. The van der Waals surface area contributed by atoms with Crippen molar-refractivity contribution in [3.63, 3.8) is 0 Å². The Bertz CT molecular complexity index is 425. The molecule has 0 fully saturated rings. The van der Waals surface area contributed by atoms with E-state index in [0.29, 0.717) is 19.4 Å². The number of hydrogen-bond donors (Lipinski definition) is 2. The van der Waals surface area contributed by atoms with Crippen molar-refractivity contribution >= 4 is 17.7 Å². The Morgan fingerprint density at radius 1 is 1.40 bits per heavy atom. The van der Waals surface area contributed by atoms with E-state index in [4.69, 9.17) is 0 Å². The highest BCUT2D eigenvalue weighted by atomic mass is 32.2. The van der Waals surface area contributed by atoms with Gasteiger partial charge in [-0.25, -0.2) is 9.97 Å². The number of carboxylic acid groups (broad SMARTS) is 1. The first-order chi connectivity index (χ1) is 9.54. The van der Waals surface area contributed by atoms with E-state index in [9.17, 15) is 9.90 Å². The molecule has 0 aromatic carbocycles. The van der Waals surface area contributed by atoms with Gasteiger partial charge < -0.3 is 10.4 Å². The summed E-state index contributed by atoms with van der Waals surface area (Å²) in [6.07, 6.45) is 5.60. The lowest BCUT2D eigenvalue weighted by molar-refractivity contribution is -0.145. The Morgan fingerprint density at radius 2 is 2.05 bits per heavy atom. The second kappa shape index (κ2) is 8.21. The van der Waals surface area contributed by atoms with E-state index in [0.717, 1.165) is 22.9 Å². The molecule has 1 atom stereocenters. The van der Waals surface area contributed by atoms with Gasteiger partial charge in [-0.15, -0.1) is 0 Å². The zero-order chi connectivity index (χ0) is 15.0. The minimum Gasteiger partial charge on any atom is -0.480 e. The number of rotatable bonds is 9. The molecular formula is C14H23N3O2S. The standard InChI is InChI=1S/C14H23N3O2S/c1-4-14(12(18)19,17-5-2)7-6-8-20-13-15-9-11(3)10-16-13/h9-10,17H,4-8H2,1-3H3,(H,18,19). The number of carbonyl (C=O) groups is 1. The third-order valence-corrected chi connectivity index (χ3v) is 4.23. The van der Waals surface area contributed by atoms with Crippen LogP contribution >= 0.6 is 11.8 Å². The van der Waals surface area contributed by atoms with Gasteiger partial charge in [-0.05, 0) is 38.3 Å². The minimum absolute atomic E-state index is 0.585. The second-order valence-electron chi connectivity index (χ2n) is 4.77.